The van der Waals surface area contributed by atoms with E-state index in [-0.39, 0.29) is 0 Å². The van der Waals surface area contributed by atoms with Crippen LogP contribution in [0.3, 0.4) is 0 Å². The van der Waals surface area contributed by atoms with E-state index in [9.17, 15) is 0 Å². The van der Waals surface area contributed by atoms with E-state index in [0.717, 1.165) is 17.1 Å². The molecule has 0 amide bonds. The lowest BCUT2D eigenvalue weighted by atomic mass is 10.2. The largest absolute Gasteiger partial charge is 0.338 e. The van der Waals surface area contributed by atoms with Crippen molar-refractivity contribution in [1.29, 1.82) is 0 Å². The molecule has 4 nitrogen and oxygen atoms in total. The van der Waals surface area contributed by atoms with E-state index in [1.54, 1.807) is 6.92 Å². The number of hydrogen-bond acceptors (Lipinski definition) is 4. The Labute approximate surface area is 98.6 Å². The van der Waals surface area contributed by atoms with Crippen molar-refractivity contribution in [1.82, 2.24) is 15.5 Å². The summed E-state index contributed by atoms with van der Waals surface area (Å²) < 4.78 is 4.98. The predicted molar refractivity (Wildman–Crippen MR) is 61.0 cm³/mol. The van der Waals surface area contributed by atoms with E-state index in [0.29, 0.717) is 18.3 Å². The zero-order chi connectivity index (χ0) is 11.4. The summed E-state index contributed by atoms with van der Waals surface area (Å²) in [5, 5.41) is 7.66. The Kier molecular flexibility index (Phi) is 3.54. The van der Waals surface area contributed by atoms with Gasteiger partial charge in [-0.05, 0) is 24.6 Å². The van der Waals surface area contributed by atoms with Crippen LogP contribution in [0.2, 0.25) is 5.02 Å². The highest BCUT2D eigenvalue weighted by Crippen LogP contribution is 2.10. The molecule has 1 N–H and O–H groups in total. The first-order valence-electron chi connectivity index (χ1n) is 4.98. The number of hydrogen-bond donors (Lipinski definition) is 1. The third-order valence-electron chi connectivity index (χ3n) is 2.06. The van der Waals surface area contributed by atoms with E-state index in [1.165, 1.54) is 0 Å². The van der Waals surface area contributed by atoms with Gasteiger partial charge in [-0.2, -0.15) is 4.98 Å². The maximum Gasteiger partial charge on any atom is 0.240 e. The third-order valence-corrected chi connectivity index (χ3v) is 2.30. The molecule has 0 aliphatic rings. The molecular formula is C11H12ClN3O. The van der Waals surface area contributed by atoms with Crippen LogP contribution >= 0.6 is 11.6 Å². The lowest BCUT2D eigenvalue weighted by Crippen LogP contribution is -2.12. The highest BCUT2D eigenvalue weighted by molar-refractivity contribution is 6.30. The van der Waals surface area contributed by atoms with Crippen LogP contribution in [0.15, 0.2) is 28.8 Å². The van der Waals surface area contributed by atoms with E-state index >= 15 is 0 Å². The summed E-state index contributed by atoms with van der Waals surface area (Å²) in [5.41, 5.74) is 1.13. The maximum absolute atomic E-state index is 5.88. The average molecular weight is 238 g/mol. The molecule has 0 bridgehead atoms. The molecule has 0 atom stereocenters. The molecule has 2 rings (SSSR count). The van der Waals surface area contributed by atoms with Crippen molar-refractivity contribution in [2.75, 3.05) is 0 Å². The fourth-order valence-corrected chi connectivity index (χ4v) is 1.59. The Morgan fingerprint density at radius 1 is 1.38 bits per heavy atom. The molecule has 1 aromatic heterocycles. The molecule has 0 saturated carbocycles. The van der Waals surface area contributed by atoms with Crippen LogP contribution in [-0.2, 0) is 13.1 Å². The quantitative estimate of drug-likeness (QED) is 0.887. The number of rotatable bonds is 4. The van der Waals surface area contributed by atoms with Crippen molar-refractivity contribution < 1.29 is 4.52 Å². The summed E-state index contributed by atoms with van der Waals surface area (Å²) in [4.78, 5) is 4.09. The smallest absolute Gasteiger partial charge is 0.240 e. The molecule has 0 aliphatic carbocycles. The molecule has 2 aromatic rings. The molecule has 0 aliphatic heterocycles. The van der Waals surface area contributed by atoms with Crippen LogP contribution in [0.5, 0.6) is 0 Å². The molecule has 0 radical (unpaired) electrons. The minimum atomic E-state index is 0.563. The van der Waals surface area contributed by atoms with Crippen molar-refractivity contribution in [2.24, 2.45) is 0 Å². The summed E-state index contributed by atoms with van der Waals surface area (Å²) in [6.07, 6.45) is 0. The van der Waals surface area contributed by atoms with Gasteiger partial charge in [0.25, 0.3) is 0 Å². The molecule has 0 fully saturated rings. The highest BCUT2D eigenvalue weighted by Gasteiger charge is 2.01. The van der Waals surface area contributed by atoms with Gasteiger partial charge >= 0.3 is 0 Å². The number of nitrogens with one attached hydrogen (secondary N) is 1. The second-order valence-corrected chi connectivity index (χ2v) is 3.91. The summed E-state index contributed by atoms with van der Waals surface area (Å²) >= 11 is 5.88. The van der Waals surface area contributed by atoms with Gasteiger partial charge in [-0.3, -0.25) is 0 Å². The van der Waals surface area contributed by atoms with Crippen molar-refractivity contribution in [3.8, 4) is 0 Å². The molecule has 1 heterocycles. The first-order chi connectivity index (χ1) is 7.74. The van der Waals surface area contributed by atoms with Gasteiger partial charge in [0.05, 0.1) is 6.54 Å². The Hall–Kier alpha value is -1.39. The van der Waals surface area contributed by atoms with Crippen LogP contribution in [0, 0.1) is 6.92 Å². The van der Waals surface area contributed by atoms with Crippen molar-refractivity contribution in [3.05, 3.63) is 46.6 Å². The zero-order valence-corrected chi connectivity index (χ0v) is 9.66. The Balaban J connectivity index is 1.84. The van der Waals surface area contributed by atoms with Gasteiger partial charge in [0, 0.05) is 11.6 Å². The van der Waals surface area contributed by atoms with Crippen molar-refractivity contribution in [2.45, 2.75) is 20.0 Å². The van der Waals surface area contributed by atoms with Crippen molar-refractivity contribution in [3.63, 3.8) is 0 Å². The lowest BCUT2D eigenvalue weighted by molar-refractivity contribution is 0.364. The lowest BCUT2D eigenvalue weighted by Gasteiger charge is -2.02. The number of halogens is 1. The summed E-state index contributed by atoms with van der Waals surface area (Å²) in [5.74, 6) is 1.25. The zero-order valence-electron chi connectivity index (χ0n) is 8.90. The van der Waals surface area contributed by atoms with Crippen LogP contribution in [-0.4, -0.2) is 10.1 Å². The van der Waals surface area contributed by atoms with Crippen LogP contribution < -0.4 is 5.32 Å². The highest BCUT2D eigenvalue weighted by atomic mass is 35.5. The molecule has 5 heteroatoms. The first kappa shape index (κ1) is 11.1. The first-order valence-corrected chi connectivity index (χ1v) is 5.36. The number of benzene rings is 1. The molecule has 84 valence electrons. The summed E-state index contributed by atoms with van der Waals surface area (Å²) in [7, 11) is 0. The number of nitrogens with zero attached hydrogens (tertiary/aromatic N) is 2. The third kappa shape index (κ3) is 3.05. The van der Waals surface area contributed by atoms with Crippen molar-refractivity contribution >= 4 is 11.6 Å². The standard InChI is InChI=1S/C11H12ClN3O/c1-8-14-11(16-15-8)7-13-6-9-3-2-4-10(12)5-9/h2-5,13H,6-7H2,1H3. The molecular weight excluding hydrogens is 226 g/mol. The van der Waals surface area contributed by atoms with E-state index in [2.05, 4.69) is 15.5 Å². The van der Waals surface area contributed by atoms with Gasteiger partial charge < -0.3 is 9.84 Å². The topological polar surface area (TPSA) is 51.0 Å². The monoisotopic (exact) mass is 237 g/mol. The average Bonchev–Trinajstić information content (AvgIpc) is 2.64. The van der Waals surface area contributed by atoms with Crippen LogP contribution in [0.4, 0.5) is 0 Å². The van der Waals surface area contributed by atoms with Gasteiger partial charge in [0.15, 0.2) is 5.82 Å². The van der Waals surface area contributed by atoms with Gasteiger partial charge in [0.1, 0.15) is 0 Å². The summed E-state index contributed by atoms with van der Waals surface area (Å²) in [6.45, 7) is 3.08. The number of aromatic nitrogens is 2. The SMILES string of the molecule is Cc1noc(CNCc2cccc(Cl)c2)n1. The Morgan fingerprint density at radius 2 is 2.25 bits per heavy atom. The van der Waals surface area contributed by atoms with Gasteiger partial charge in [-0.25, -0.2) is 0 Å². The van der Waals surface area contributed by atoms with Gasteiger partial charge in [-0.15, -0.1) is 0 Å². The van der Waals surface area contributed by atoms with Gasteiger partial charge in [-0.1, -0.05) is 28.9 Å². The number of aryl methyl sites for hydroxylation is 1. The second-order valence-electron chi connectivity index (χ2n) is 3.47. The molecule has 0 spiro atoms. The van der Waals surface area contributed by atoms with Gasteiger partial charge in [0.2, 0.25) is 5.89 Å². The Morgan fingerprint density at radius 3 is 2.94 bits per heavy atom. The molecule has 0 unspecified atom stereocenters. The van der Waals surface area contributed by atoms with Crippen LogP contribution in [0.1, 0.15) is 17.3 Å². The maximum atomic E-state index is 5.88. The Bertz CT molecular complexity index is 470. The van der Waals surface area contributed by atoms with Crippen LogP contribution in [0.25, 0.3) is 0 Å². The minimum absolute atomic E-state index is 0.563. The predicted octanol–water partition coefficient (Wildman–Crippen LogP) is 2.32. The molecule has 1 aromatic carbocycles. The fraction of sp³-hybridized carbons (Fsp3) is 0.273. The normalized spacial score (nSPS) is 10.6. The van der Waals surface area contributed by atoms with E-state index in [1.807, 2.05) is 24.3 Å². The van der Waals surface area contributed by atoms with E-state index < -0.39 is 0 Å². The molecule has 0 saturated heterocycles. The minimum Gasteiger partial charge on any atom is -0.338 e. The molecule has 16 heavy (non-hydrogen) atoms. The summed E-state index contributed by atoms with van der Waals surface area (Å²) in [6, 6.07) is 7.72. The second kappa shape index (κ2) is 5.09. The fourth-order valence-electron chi connectivity index (χ4n) is 1.37. The van der Waals surface area contributed by atoms with E-state index in [4.69, 9.17) is 16.1 Å².